The number of nitrogens with zero attached hydrogens (tertiary/aromatic N) is 5. The Morgan fingerprint density at radius 2 is 1.74 bits per heavy atom. The molecule has 1 aliphatic rings. The van der Waals surface area contributed by atoms with E-state index in [2.05, 4.69) is 31.0 Å². The number of piperidine rings is 1. The Labute approximate surface area is 202 Å². The van der Waals surface area contributed by atoms with Crippen LogP contribution in [0.2, 0.25) is 0 Å². The second-order valence-corrected chi connectivity index (χ2v) is 10.3. The van der Waals surface area contributed by atoms with E-state index in [0.29, 0.717) is 33.9 Å². The Balaban J connectivity index is 1.55. The quantitative estimate of drug-likeness (QED) is 0.405. The van der Waals surface area contributed by atoms with E-state index in [9.17, 15) is 9.59 Å². The summed E-state index contributed by atoms with van der Waals surface area (Å²) < 4.78 is 3.50. The number of fused-ring (bicyclic) bond motifs is 3. The van der Waals surface area contributed by atoms with Crippen molar-refractivity contribution in [2.75, 3.05) is 18.8 Å². The lowest BCUT2D eigenvalue weighted by Gasteiger charge is -2.34. The summed E-state index contributed by atoms with van der Waals surface area (Å²) in [5.74, 6) is 1.89. The molecule has 4 aromatic rings. The molecule has 176 valence electrons. The molecular weight excluding hydrogens is 446 g/mol. The van der Waals surface area contributed by atoms with Gasteiger partial charge in [0.25, 0.3) is 5.56 Å². The minimum Gasteiger partial charge on any atom is -0.341 e. The minimum atomic E-state index is -0.135. The number of thioether (sulfide) groups is 1. The van der Waals surface area contributed by atoms with Crippen LogP contribution in [0.4, 0.5) is 0 Å². The molecule has 2 aromatic heterocycles. The Morgan fingerprint density at radius 1 is 1.03 bits per heavy atom. The Morgan fingerprint density at radius 3 is 2.44 bits per heavy atom. The third-order valence-electron chi connectivity index (χ3n) is 6.54. The molecule has 1 fully saturated rings. The molecule has 7 nitrogen and oxygen atoms in total. The summed E-state index contributed by atoms with van der Waals surface area (Å²) in [7, 11) is 0. The van der Waals surface area contributed by atoms with Gasteiger partial charge in [-0.15, -0.1) is 10.2 Å². The number of aryl methyl sites for hydroxylation is 1. The molecule has 1 aliphatic heterocycles. The number of carbonyl (C=O) groups is 1. The van der Waals surface area contributed by atoms with Gasteiger partial charge in [-0.1, -0.05) is 56.8 Å². The van der Waals surface area contributed by atoms with Gasteiger partial charge in [-0.25, -0.2) is 4.57 Å². The van der Waals surface area contributed by atoms with Crippen LogP contribution in [-0.4, -0.2) is 48.8 Å². The third kappa shape index (κ3) is 4.11. The summed E-state index contributed by atoms with van der Waals surface area (Å²) in [6.45, 7) is 8.12. The predicted molar refractivity (Wildman–Crippen MR) is 136 cm³/mol. The smallest absolute Gasteiger partial charge is 0.267 e. The zero-order chi connectivity index (χ0) is 23.8. The van der Waals surface area contributed by atoms with Crippen molar-refractivity contribution in [1.29, 1.82) is 0 Å². The van der Waals surface area contributed by atoms with Gasteiger partial charge in [0.2, 0.25) is 11.7 Å². The molecular formula is C26H29N5O2S. The number of carbonyl (C=O) groups excluding carboxylic acids is 1. The molecule has 1 amide bonds. The number of hydrogen-bond acceptors (Lipinski definition) is 5. The van der Waals surface area contributed by atoms with Crippen molar-refractivity contribution in [3.63, 3.8) is 0 Å². The fourth-order valence-electron chi connectivity index (χ4n) is 4.97. The highest BCUT2D eigenvalue weighted by Crippen LogP contribution is 2.25. The van der Waals surface area contributed by atoms with Crippen LogP contribution in [0.3, 0.4) is 0 Å². The Hall–Kier alpha value is -3.13. The van der Waals surface area contributed by atoms with Gasteiger partial charge in [0.05, 0.1) is 22.3 Å². The summed E-state index contributed by atoms with van der Waals surface area (Å²) in [5, 5.41) is 9.98. The van der Waals surface area contributed by atoms with E-state index in [1.807, 2.05) is 57.8 Å². The monoisotopic (exact) mass is 475 g/mol. The SMILES string of the molecule is CCc1ccc(-n2c(=O)c3ccccc3n3c(SCC(=O)N4CC(C)CC(C)C4)nnc23)cc1. The molecule has 2 atom stereocenters. The number of para-hydroxylation sites is 1. The first kappa shape index (κ1) is 22.7. The lowest BCUT2D eigenvalue weighted by Crippen LogP contribution is -2.43. The van der Waals surface area contributed by atoms with E-state index < -0.39 is 0 Å². The molecule has 0 aliphatic carbocycles. The van der Waals surface area contributed by atoms with E-state index >= 15 is 0 Å². The molecule has 5 rings (SSSR count). The van der Waals surface area contributed by atoms with Gasteiger partial charge in [0, 0.05) is 13.1 Å². The number of hydrogen-bond donors (Lipinski definition) is 0. The second kappa shape index (κ2) is 9.25. The van der Waals surface area contributed by atoms with Crippen molar-refractivity contribution in [3.8, 4) is 5.69 Å². The Kier molecular flexibility index (Phi) is 6.16. The van der Waals surface area contributed by atoms with Crippen LogP contribution in [0.15, 0.2) is 58.5 Å². The first-order valence-electron chi connectivity index (χ1n) is 11.8. The summed E-state index contributed by atoms with van der Waals surface area (Å²) in [5.41, 5.74) is 2.55. The van der Waals surface area contributed by atoms with Gasteiger partial charge >= 0.3 is 0 Å². The van der Waals surface area contributed by atoms with Gasteiger partial charge in [-0.3, -0.25) is 14.0 Å². The highest BCUT2D eigenvalue weighted by atomic mass is 32.2. The molecule has 34 heavy (non-hydrogen) atoms. The van der Waals surface area contributed by atoms with Crippen molar-refractivity contribution in [3.05, 3.63) is 64.4 Å². The van der Waals surface area contributed by atoms with Crippen LogP contribution in [0.5, 0.6) is 0 Å². The minimum absolute atomic E-state index is 0.118. The summed E-state index contributed by atoms with van der Waals surface area (Å²) in [6.07, 6.45) is 2.09. The third-order valence-corrected chi connectivity index (χ3v) is 7.46. The van der Waals surface area contributed by atoms with Crippen LogP contribution >= 0.6 is 11.8 Å². The van der Waals surface area contributed by atoms with E-state index in [4.69, 9.17) is 0 Å². The van der Waals surface area contributed by atoms with E-state index in [0.717, 1.165) is 37.1 Å². The van der Waals surface area contributed by atoms with Gasteiger partial charge in [0.1, 0.15) is 0 Å². The molecule has 1 saturated heterocycles. The molecule has 8 heteroatoms. The van der Waals surface area contributed by atoms with Crippen molar-refractivity contribution < 1.29 is 4.79 Å². The van der Waals surface area contributed by atoms with Crippen molar-refractivity contribution >= 4 is 34.3 Å². The van der Waals surface area contributed by atoms with Crippen LogP contribution in [-0.2, 0) is 11.2 Å². The number of aromatic nitrogens is 4. The van der Waals surface area contributed by atoms with Crippen LogP contribution in [0.25, 0.3) is 22.4 Å². The first-order chi connectivity index (χ1) is 16.5. The maximum atomic E-state index is 13.5. The summed E-state index contributed by atoms with van der Waals surface area (Å²) in [6, 6.07) is 15.4. The van der Waals surface area contributed by atoms with Crippen LogP contribution in [0, 0.1) is 11.8 Å². The lowest BCUT2D eigenvalue weighted by molar-refractivity contribution is -0.130. The van der Waals surface area contributed by atoms with Gasteiger partial charge in [-0.05, 0) is 54.5 Å². The average molecular weight is 476 g/mol. The number of benzene rings is 2. The van der Waals surface area contributed by atoms with Crippen molar-refractivity contribution in [1.82, 2.24) is 24.1 Å². The fraction of sp³-hybridized carbons (Fsp3) is 0.385. The van der Waals surface area contributed by atoms with E-state index in [1.165, 1.54) is 17.3 Å². The summed E-state index contributed by atoms with van der Waals surface area (Å²) in [4.78, 5) is 28.4. The maximum Gasteiger partial charge on any atom is 0.267 e. The fourth-order valence-corrected chi connectivity index (χ4v) is 5.81. The molecule has 0 radical (unpaired) electrons. The summed E-state index contributed by atoms with van der Waals surface area (Å²) >= 11 is 1.37. The zero-order valence-electron chi connectivity index (χ0n) is 19.8. The molecule has 0 N–H and O–H groups in total. The van der Waals surface area contributed by atoms with Crippen LogP contribution < -0.4 is 5.56 Å². The van der Waals surface area contributed by atoms with Gasteiger partial charge in [0.15, 0.2) is 5.16 Å². The average Bonchev–Trinajstić information content (AvgIpc) is 3.26. The molecule has 0 saturated carbocycles. The lowest BCUT2D eigenvalue weighted by atomic mass is 9.92. The molecule has 2 aromatic carbocycles. The van der Waals surface area contributed by atoms with Gasteiger partial charge in [-0.2, -0.15) is 0 Å². The number of likely N-dealkylation sites (tertiary alicyclic amines) is 1. The number of rotatable bonds is 5. The Bertz CT molecular complexity index is 1400. The van der Waals surface area contributed by atoms with Gasteiger partial charge < -0.3 is 4.90 Å². The first-order valence-corrected chi connectivity index (χ1v) is 12.8. The molecule has 0 bridgehead atoms. The number of amides is 1. The largest absolute Gasteiger partial charge is 0.341 e. The maximum absolute atomic E-state index is 13.5. The molecule has 2 unspecified atom stereocenters. The molecule has 3 heterocycles. The van der Waals surface area contributed by atoms with E-state index in [1.54, 1.807) is 4.57 Å². The molecule has 0 spiro atoms. The normalized spacial score (nSPS) is 18.6. The predicted octanol–water partition coefficient (Wildman–Crippen LogP) is 4.19. The van der Waals surface area contributed by atoms with Crippen molar-refractivity contribution in [2.45, 2.75) is 38.8 Å². The highest BCUT2D eigenvalue weighted by molar-refractivity contribution is 7.99. The van der Waals surface area contributed by atoms with Crippen molar-refractivity contribution in [2.24, 2.45) is 11.8 Å². The topological polar surface area (TPSA) is 72.5 Å². The van der Waals surface area contributed by atoms with Crippen LogP contribution in [0.1, 0.15) is 32.8 Å². The highest BCUT2D eigenvalue weighted by Gasteiger charge is 2.26. The zero-order valence-corrected chi connectivity index (χ0v) is 20.6. The second-order valence-electron chi connectivity index (χ2n) is 9.33. The van der Waals surface area contributed by atoms with E-state index in [-0.39, 0.29) is 11.5 Å². The standard InChI is InChI=1S/C26H29N5O2S/c1-4-19-9-11-20(12-10-19)30-24(33)21-7-5-6-8-22(21)31-25(30)27-28-26(31)34-16-23(32)29-14-17(2)13-18(3)15-29/h5-12,17-18H,4,13-16H2,1-3H3.